The van der Waals surface area contributed by atoms with Crippen molar-refractivity contribution in [2.45, 2.75) is 6.18 Å². The maximum atomic E-state index is 12.4. The molecule has 0 bridgehead atoms. The van der Waals surface area contributed by atoms with Gasteiger partial charge in [0.25, 0.3) is 0 Å². The number of rotatable bonds is 1. The van der Waals surface area contributed by atoms with Crippen molar-refractivity contribution in [2.24, 2.45) is 5.73 Å². The maximum Gasteiger partial charge on any atom is 0.417 e. The summed E-state index contributed by atoms with van der Waals surface area (Å²) in [5, 5.41) is 6.92. The molecule has 0 fully saturated rings. The molecule has 1 aromatic rings. The summed E-state index contributed by atoms with van der Waals surface area (Å²) in [6, 6.07) is 3.08. The number of halogens is 5. The smallest absolute Gasteiger partial charge is 0.384 e. The van der Waals surface area contributed by atoms with Crippen molar-refractivity contribution in [3.63, 3.8) is 0 Å². The van der Waals surface area contributed by atoms with Crippen LogP contribution in [0, 0.1) is 5.41 Å². The minimum absolute atomic E-state index is 0. The standard InChI is InChI=1S/C8H6ClF3N2.ClH/c9-4-1-2-5(7(13)14)6(3-4)8(10,11)12;/h1-3H,(H3,13,14);1H. The molecule has 0 aliphatic carbocycles. The van der Waals surface area contributed by atoms with Crippen LogP contribution in [0.2, 0.25) is 5.02 Å². The number of nitrogens with one attached hydrogen (secondary N) is 1. The Morgan fingerprint density at radius 3 is 2.27 bits per heavy atom. The van der Waals surface area contributed by atoms with E-state index in [2.05, 4.69) is 0 Å². The first kappa shape index (κ1) is 14.1. The van der Waals surface area contributed by atoms with Crippen LogP contribution in [0.15, 0.2) is 18.2 Å². The number of benzene rings is 1. The van der Waals surface area contributed by atoms with E-state index in [0.29, 0.717) is 0 Å². The van der Waals surface area contributed by atoms with Gasteiger partial charge in [-0.1, -0.05) is 11.6 Å². The summed E-state index contributed by atoms with van der Waals surface area (Å²) in [6.07, 6.45) is -4.55. The molecule has 15 heavy (non-hydrogen) atoms. The van der Waals surface area contributed by atoms with Gasteiger partial charge in [-0.3, -0.25) is 5.41 Å². The van der Waals surface area contributed by atoms with E-state index in [1.54, 1.807) is 0 Å². The summed E-state index contributed by atoms with van der Waals surface area (Å²) < 4.78 is 37.1. The van der Waals surface area contributed by atoms with Crippen LogP contribution in [-0.2, 0) is 6.18 Å². The predicted molar refractivity (Wildman–Crippen MR) is 54.7 cm³/mol. The van der Waals surface area contributed by atoms with Crippen molar-refractivity contribution in [3.05, 3.63) is 34.3 Å². The average Bonchev–Trinajstić information content (AvgIpc) is 2.01. The van der Waals surface area contributed by atoms with Crippen molar-refractivity contribution >= 4 is 29.8 Å². The quantitative estimate of drug-likeness (QED) is 0.591. The van der Waals surface area contributed by atoms with Crippen LogP contribution in [-0.4, -0.2) is 5.84 Å². The summed E-state index contributed by atoms with van der Waals surface area (Å²) in [7, 11) is 0. The van der Waals surface area contributed by atoms with Gasteiger partial charge in [0.1, 0.15) is 5.84 Å². The molecule has 2 nitrogen and oxygen atoms in total. The molecule has 0 aliphatic rings. The van der Waals surface area contributed by atoms with Crippen molar-refractivity contribution in [1.82, 2.24) is 0 Å². The van der Waals surface area contributed by atoms with Crippen molar-refractivity contribution < 1.29 is 13.2 Å². The molecule has 0 amide bonds. The van der Waals surface area contributed by atoms with Crippen LogP contribution in [0.3, 0.4) is 0 Å². The highest BCUT2D eigenvalue weighted by Crippen LogP contribution is 2.33. The third-order valence-electron chi connectivity index (χ3n) is 1.58. The molecule has 0 unspecified atom stereocenters. The second-order valence-electron chi connectivity index (χ2n) is 2.60. The lowest BCUT2D eigenvalue weighted by molar-refractivity contribution is -0.137. The zero-order valence-electron chi connectivity index (χ0n) is 7.23. The molecule has 84 valence electrons. The molecule has 1 rings (SSSR count). The summed E-state index contributed by atoms with van der Waals surface area (Å²) in [5.74, 6) is -0.631. The monoisotopic (exact) mass is 258 g/mol. The Morgan fingerprint density at radius 1 is 1.33 bits per heavy atom. The van der Waals surface area contributed by atoms with Gasteiger partial charge in [-0.25, -0.2) is 0 Å². The van der Waals surface area contributed by atoms with E-state index in [-0.39, 0.29) is 23.0 Å². The molecule has 0 heterocycles. The van der Waals surface area contributed by atoms with E-state index < -0.39 is 17.6 Å². The van der Waals surface area contributed by atoms with Crippen LogP contribution in [0.1, 0.15) is 11.1 Å². The van der Waals surface area contributed by atoms with Gasteiger partial charge in [0, 0.05) is 10.6 Å². The Bertz CT molecular complexity index is 377. The first-order valence-corrected chi connectivity index (χ1v) is 3.91. The molecular weight excluding hydrogens is 252 g/mol. The lowest BCUT2D eigenvalue weighted by Crippen LogP contribution is -2.18. The molecule has 0 spiro atoms. The van der Waals surface area contributed by atoms with E-state index >= 15 is 0 Å². The number of nitrogen functional groups attached to an aromatic ring is 1. The molecule has 0 aliphatic heterocycles. The molecule has 7 heteroatoms. The van der Waals surface area contributed by atoms with Crippen molar-refractivity contribution in [3.8, 4) is 0 Å². The Balaban J connectivity index is 0.00000196. The number of hydrogen-bond donors (Lipinski definition) is 2. The van der Waals surface area contributed by atoms with Gasteiger partial charge in [0.15, 0.2) is 0 Å². The molecule has 3 N–H and O–H groups in total. The topological polar surface area (TPSA) is 49.9 Å². The Morgan fingerprint density at radius 2 is 1.87 bits per heavy atom. The second-order valence-corrected chi connectivity index (χ2v) is 3.04. The largest absolute Gasteiger partial charge is 0.417 e. The molecular formula is C8H7Cl2F3N2. The van der Waals surface area contributed by atoms with E-state index in [1.165, 1.54) is 6.07 Å². The van der Waals surface area contributed by atoms with E-state index in [1.807, 2.05) is 0 Å². The molecule has 0 atom stereocenters. The summed E-state index contributed by atoms with van der Waals surface area (Å²) >= 11 is 5.42. The highest BCUT2D eigenvalue weighted by molar-refractivity contribution is 6.30. The first-order chi connectivity index (χ1) is 6.32. The molecule has 0 radical (unpaired) electrons. The Hall–Kier alpha value is -0.940. The highest BCUT2D eigenvalue weighted by Gasteiger charge is 2.34. The van der Waals surface area contributed by atoms with Gasteiger partial charge in [0.05, 0.1) is 5.56 Å². The second kappa shape index (κ2) is 4.72. The van der Waals surface area contributed by atoms with Crippen LogP contribution >= 0.6 is 24.0 Å². The first-order valence-electron chi connectivity index (χ1n) is 3.53. The van der Waals surface area contributed by atoms with Gasteiger partial charge < -0.3 is 5.73 Å². The minimum atomic E-state index is -4.55. The van der Waals surface area contributed by atoms with E-state index in [0.717, 1.165) is 12.1 Å². The molecule has 0 saturated heterocycles. The van der Waals surface area contributed by atoms with Crippen molar-refractivity contribution in [2.75, 3.05) is 0 Å². The van der Waals surface area contributed by atoms with Crippen molar-refractivity contribution in [1.29, 1.82) is 5.41 Å². The zero-order valence-corrected chi connectivity index (χ0v) is 8.80. The normalized spacial score (nSPS) is 10.7. The fourth-order valence-electron chi connectivity index (χ4n) is 0.986. The maximum absolute atomic E-state index is 12.4. The van der Waals surface area contributed by atoms with E-state index in [4.69, 9.17) is 22.7 Å². The number of amidine groups is 1. The summed E-state index contributed by atoms with van der Waals surface area (Å²) in [4.78, 5) is 0. The van der Waals surface area contributed by atoms with Gasteiger partial charge in [-0.05, 0) is 18.2 Å². The van der Waals surface area contributed by atoms with Gasteiger partial charge in [-0.15, -0.1) is 12.4 Å². The number of alkyl halides is 3. The summed E-state index contributed by atoms with van der Waals surface area (Å²) in [6.45, 7) is 0. The van der Waals surface area contributed by atoms with Crippen LogP contribution in [0.4, 0.5) is 13.2 Å². The number of nitrogens with two attached hydrogens (primary N) is 1. The van der Waals surface area contributed by atoms with Crippen LogP contribution in [0.5, 0.6) is 0 Å². The predicted octanol–water partition coefficient (Wildman–Crippen LogP) is 3.06. The Kier molecular flexibility index (Phi) is 4.42. The Labute approximate surface area is 95.1 Å². The third kappa shape index (κ3) is 3.28. The fraction of sp³-hybridized carbons (Fsp3) is 0.125. The molecule has 0 aromatic heterocycles. The fourth-order valence-corrected chi connectivity index (χ4v) is 1.16. The lowest BCUT2D eigenvalue weighted by atomic mass is 10.1. The van der Waals surface area contributed by atoms with Crippen LogP contribution in [0.25, 0.3) is 0 Å². The van der Waals surface area contributed by atoms with E-state index in [9.17, 15) is 13.2 Å². The minimum Gasteiger partial charge on any atom is -0.384 e. The SMILES string of the molecule is Cl.N=C(N)c1ccc(Cl)cc1C(F)(F)F. The molecule has 0 saturated carbocycles. The average molecular weight is 259 g/mol. The number of hydrogen-bond acceptors (Lipinski definition) is 1. The van der Waals surface area contributed by atoms with Gasteiger partial charge in [-0.2, -0.15) is 13.2 Å². The lowest BCUT2D eigenvalue weighted by Gasteiger charge is -2.11. The summed E-state index contributed by atoms with van der Waals surface area (Å²) in [5.41, 5.74) is 3.65. The van der Waals surface area contributed by atoms with Gasteiger partial charge in [0.2, 0.25) is 0 Å². The zero-order chi connectivity index (χ0) is 10.9. The molecule has 1 aromatic carbocycles. The van der Waals surface area contributed by atoms with Crippen LogP contribution < -0.4 is 5.73 Å². The van der Waals surface area contributed by atoms with Gasteiger partial charge >= 0.3 is 6.18 Å². The third-order valence-corrected chi connectivity index (χ3v) is 1.81. The highest BCUT2D eigenvalue weighted by atomic mass is 35.5.